The average Bonchev–Trinajstić information content (AvgIpc) is 1.97. The van der Waals surface area contributed by atoms with E-state index in [-0.39, 0.29) is 15.4 Å². The van der Waals surface area contributed by atoms with Crippen molar-refractivity contribution < 1.29 is 0 Å². The molecule has 1 aromatic rings. The van der Waals surface area contributed by atoms with E-state index < -0.39 is 0 Å². The molecule has 1 aromatic heterocycles. The normalized spacial score (nSPS) is 9.50. The molecule has 0 radical (unpaired) electrons. The Balaban J connectivity index is 3.04. The zero-order chi connectivity index (χ0) is 9.14. The van der Waals surface area contributed by atoms with E-state index in [2.05, 4.69) is 27.5 Å². The fourth-order valence-corrected chi connectivity index (χ4v) is 1.08. The summed E-state index contributed by atoms with van der Waals surface area (Å²) in [5.74, 6) is 0. The summed E-state index contributed by atoms with van der Waals surface area (Å²) < 4.78 is 0. The predicted octanol–water partition coefficient (Wildman–Crippen LogP) is 1.44. The van der Waals surface area contributed by atoms with Gasteiger partial charge in [-0.3, -0.25) is 0 Å². The Bertz CT molecular complexity index is 296. The third-order valence-electron chi connectivity index (χ3n) is 1.00. The van der Waals surface area contributed by atoms with E-state index >= 15 is 0 Å². The van der Waals surface area contributed by atoms with E-state index in [4.69, 9.17) is 28.9 Å². The van der Waals surface area contributed by atoms with Gasteiger partial charge in [-0.1, -0.05) is 23.2 Å². The molecule has 4 nitrogen and oxygen atoms in total. The lowest BCUT2D eigenvalue weighted by atomic mass is 10.5. The maximum absolute atomic E-state index is 5.66. The Morgan fingerprint density at radius 3 is 2.33 bits per heavy atom. The van der Waals surface area contributed by atoms with E-state index in [0.29, 0.717) is 5.69 Å². The van der Waals surface area contributed by atoms with Crippen LogP contribution in [0.3, 0.4) is 0 Å². The monoisotopic (exact) mass is 222 g/mol. The van der Waals surface area contributed by atoms with Gasteiger partial charge in [0.15, 0.2) is 15.4 Å². The van der Waals surface area contributed by atoms with Gasteiger partial charge in [0.1, 0.15) is 12.0 Å². The molecule has 1 heterocycles. The first-order valence-electron chi connectivity index (χ1n) is 2.83. The van der Waals surface area contributed by atoms with Crippen molar-refractivity contribution in [2.75, 3.05) is 5.32 Å². The predicted molar refractivity (Wildman–Crippen MR) is 52.5 cm³/mol. The molecular weight excluding hydrogens is 219 g/mol. The highest BCUT2D eigenvalue weighted by Gasteiger charge is 2.07. The van der Waals surface area contributed by atoms with Crippen molar-refractivity contribution in [2.45, 2.75) is 0 Å². The van der Waals surface area contributed by atoms with Gasteiger partial charge in [-0.25, -0.2) is 9.97 Å². The van der Waals surface area contributed by atoms with Gasteiger partial charge >= 0.3 is 0 Å². The number of nitrogens with two attached hydrogens (primary N) is 1. The van der Waals surface area contributed by atoms with Crippen LogP contribution in [-0.2, 0) is 0 Å². The number of nitrogens with zero attached hydrogens (tertiary/aromatic N) is 2. The fraction of sp³-hybridized carbons (Fsp3) is 0. The molecular formula is C5H4Cl2N4S. The molecule has 0 amide bonds. The molecule has 0 spiro atoms. The summed E-state index contributed by atoms with van der Waals surface area (Å²) in [5, 5.41) is 2.99. The van der Waals surface area contributed by atoms with Crippen LogP contribution in [0, 0.1) is 0 Å². The minimum atomic E-state index is 0.0635. The SMILES string of the molecule is NC(=S)Nc1c(Cl)ncnc1Cl. The van der Waals surface area contributed by atoms with E-state index in [1.165, 1.54) is 6.33 Å². The Morgan fingerprint density at radius 2 is 1.92 bits per heavy atom. The molecule has 0 aliphatic heterocycles. The third-order valence-corrected chi connectivity index (χ3v) is 1.68. The lowest BCUT2D eigenvalue weighted by Crippen LogP contribution is -2.19. The number of hydrogen-bond acceptors (Lipinski definition) is 3. The minimum Gasteiger partial charge on any atom is -0.376 e. The zero-order valence-electron chi connectivity index (χ0n) is 5.71. The van der Waals surface area contributed by atoms with E-state index in [1.54, 1.807) is 0 Å². The van der Waals surface area contributed by atoms with Gasteiger partial charge in [-0.2, -0.15) is 0 Å². The molecule has 7 heteroatoms. The van der Waals surface area contributed by atoms with E-state index in [0.717, 1.165) is 0 Å². The van der Waals surface area contributed by atoms with Gasteiger partial charge in [-0.05, 0) is 12.2 Å². The van der Waals surface area contributed by atoms with Crippen molar-refractivity contribution in [3.63, 3.8) is 0 Å². The Labute approximate surface area is 84.1 Å². The highest BCUT2D eigenvalue weighted by atomic mass is 35.5. The molecule has 64 valence electrons. The molecule has 0 unspecified atom stereocenters. The first kappa shape index (κ1) is 9.44. The molecule has 0 aliphatic carbocycles. The molecule has 0 fully saturated rings. The number of hydrogen-bond donors (Lipinski definition) is 2. The van der Waals surface area contributed by atoms with Gasteiger partial charge in [0, 0.05) is 0 Å². The Hall–Kier alpha value is -0.650. The average molecular weight is 223 g/mol. The summed E-state index contributed by atoms with van der Waals surface area (Å²) >= 11 is 15.9. The zero-order valence-corrected chi connectivity index (χ0v) is 8.04. The van der Waals surface area contributed by atoms with Gasteiger partial charge < -0.3 is 11.1 Å². The quantitative estimate of drug-likeness (QED) is 0.557. The number of anilines is 1. The van der Waals surface area contributed by atoms with Crippen LogP contribution in [0.25, 0.3) is 0 Å². The van der Waals surface area contributed by atoms with Crippen LogP contribution < -0.4 is 11.1 Å². The first-order chi connectivity index (χ1) is 5.61. The van der Waals surface area contributed by atoms with Crippen molar-refractivity contribution in [3.8, 4) is 0 Å². The standard InChI is InChI=1S/C5H4Cl2N4S/c6-3-2(11-5(8)12)4(7)10-1-9-3/h1H,(H3,8,11,12). The smallest absolute Gasteiger partial charge is 0.168 e. The first-order valence-corrected chi connectivity index (χ1v) is 4.00. The van der Waals surface area contributed by atoms with Crippen LogP contribution >= 0.6 is 35.4 Å². The molecule has 0 atom stereocenters. The third kappa shape index (κ3) is 2.17. The van der Waals surface area contributed by atoms with Crippen molar-refractivity contribution in [3.05, 3.63) is 16.6 Å². The second-order valence-corrected chi connectivity index (χ2v) is 2.98. The minimum absolute atomic E-state index is 0.0635. The molecule has 0 aliphatic rings. The highest BCUT2D eigenvalue weighted by molar-refractivity contribution is 7.80. The van der Waals surface area contributed by atoms with Gasteiger partial charge in [0.2, 0.25) is 0 Å². The van der Waals surface area contributed by atoms with Crippen molar-refractivity contribution in [1.29, 1.82) is 0 Å². The molecule has 0 saturated carbocycles. The summed E-state index contributed by atoms with van der Waals surface area (Å²) in [7, 11) is 0. The van der Waals surface area contributed by atoms with Crippen molar-refractivity contribution in [1.82, 2.24) is 9.97 Å². The fourth-order valence-electron chi connectivity index (χ4n) is 0.571. The Morgan fingerprint density at radius 1 is 1.42 bits per heavy atom. The summed E-state index contributed by atoms with van der Waals surface area (Å²) in [4.78, 5) is 7.37. The second kappa shape index (κ2) is 3.84. The number of aromatic nitrogens is 2. The maximum atomic E-state index is 5.66. The summed E-state index contributed by atoms with van der Waals surface area (Å²) in [6.07, 6.45) is 1.25. The van der Waals surface area contributed by atoms with Gasteiger partial charge in [0.25, 0.3) is 0 Å². The van der Waals surface area contributed by atoms with Crippen LogP contribution in [0.15, 0.2) is 6.33 Å². The molecule has 12 heavy (non-hydrogen) atoms. The molecule has 1 rings (SSSR count). The summed E-state index contributed by atoms with van der Waals surface area (Å²) in [6.45, 7) is 0. The number of halogens is 2. The van der Waals surface area contributed by atoms with Gasteiger partial charge in [0.05, 0.1) is 0 Å². The molecule has 0 bridgehead atoms. The number of rotatable bonds is 1. The Kier molecular flexibility index (Phi) is 3.02. The number of nitrogens with one attached hydrogen (secondary N) is 1. The summed E-state index contributed by atoms with van der Waals surface area (Å²) in [6, 6.07) is 0. The lowest BCUT2D eigenvalue weighted by molar-refractivity contribution is 1.17. The lowest BCUT2D eigenvalue weighted by Gasteiger charge is -2.05. The van der Waals surface area contributed by atoms with Crippen LogP contribution in [-0.4, -0.2) is 15.1 Å². The van der Waals surface area contributed by atoms with Crippen LogP contribution in [0.4, 0.5) is 5.69 Å². The molecule has 0 saturated heterocycles. The topological polar surface area (TPSA) is 63.8 Å². The van der Waals surface area contributed by atoms with E-state index in [9.17, 15) is 0 Å². The maximum Gasteiger partial charge on any atom is 0.168 e. The van der Waals surface area contributed by atoms with E-state index in [1.807, 2.05) is 0 Å². The molecule has 0 aromatic carbocycles. The highest BCUT2D eigenvalue weighted by Crippen LogP contribution is 2.25. The second-order valence-electron chi connectivity index (χ2n) is 1.82. The van der Waals surface area contributed by atoms with Crippen LogP contribution in [0.5, 0.6) is 0 Å². The largest absolute Gasteiger partial charge is 0.376 e. The molecule has 3 N–H and O–H groups in total. The summed E-state index contributed by atoms with van der Waals surface area (Å²) in [5.41, 5.74) is 5.54. The van der Waals surface area contributed by atoms with Gasteiger partial charge in [-0.15, -0.1) is 0 Å². The van der Waals surface area contributed by atoms with Crippen LogP contribution in [0.2, 0.25) is 10.3 Å². The van der Waals surface area contributed by atoms with Crippen molar-refractivity contribution in [2.24, 2.45) is 5.73 Å². The van der Waals surface area contributed by atoms with Crippen LogP contribution in [0.1, 0.15) is 0 Å². The number of thiocarbonyl (C=S) groups is 1. The van der Waals surface area contributed by atoms with Crippen molar-refractivity contribution >= 4 is 46.2 Å².